The first-order valence-corrected chi connectivity index (χ1v) is 3.82. The van der Waals surface area contributed by atoms with Crippen LogP contribution in [0.1, 0.15) is 1.43 Å². The van der Waals surface area contributed by atoms with Crippen LogP contribution in [0.15, 0.2) is 60.7 Å². The third-order valence-corrected chi connectivity index (χ3v) is 1.21. The molecule has 0 saturated heterocycles. The quantitative estimate of drug-likeness (QED) is 0.440. The van der Waals surface area contributed by atoms with Crippen molar-refractivity contribution in [2.45, 2.75) is 0 Å². The fourth-order valence-electron chi connectivity index (χ4n) is 0.684. The maximum atomic E-state index is 2.89. The normalized spacial score (nSPS) is 6.86. The Morgan fingerprint density at radius 3 is 0.929 bits per heavy atom. The molecular formula is C12H11CuLi. The summed E-state index contributed by atoms with van der Waals surface area (Å²) >= 11 is 0. The Morgan fingerprint density at radius 2 is 0.857 bits per heavy atom. The van der Waals surface area contributed by atoms with Crippen LogP contribution in [0, 0.1) is 12.1 Å². The summed E-state index contributed by atoms with van der Waals surface area (Å²) in [7, 11) is 0. The minimum atomic E-state index is 0. The summed E-state index contributed by atoms with van der Waals surface area (Å²) in [6, 6.07) is 25.0. The van der Waals surface area contributed by atoms with E-state index in [1.807, 2.05) is 60.7 Å². The van der Waals surface area contributed by atoms with E-state index in [1.165, 1.54) is 0 Å². The molecule has 0 atom stereocenters. The largest absolute Gasteiger partial charge is 2.00 e. The first-order valence-electron chi connectivity index (χ1n) is 3.82. The summed E-state index contributed by atoms with van der Waals surface area (Å²) < 4.78 is 0. The average Bonchev–Trinajstić information content (AvgIpc) is 2.24. The number of rotatable bonds is 0. The SMILES string of the molecule is [Cu+2].[H-].[Li+].[c-]1ccccc1.[c-]1ccccc1. The molecule has 0 aliphatic carbocycles. The molecule has 0 aliphatic heterocycles. The molecule has 2 aromatic rings. The molecule has 0 nitrogen and oxygen atoms in total. The van der Waals surface area contributed by atoms with Gasteiger partial charge in [-0.25, -0.2) is 0 Å². The molecule has 0 amide bonds. The van der Waals surface area contributed by atoms with Crippen LogP contribution < -0.4 is 18.9 Å². The second-order valence-corrected chi connectivity index (χ2v) is 2.15. The van der Waals surface area contributed by atoms with Gasteiger partial charge in [0.1, 0.15) is 0 Å². The van der Waals surface area contributed by atoms with Gasteiger partial charge in [0.25, 0.3) is 0 Å². The second-order valence-electron chi connectivity index (χ2n) is 2.15. The van der Waals surface area contributed by atoms with Crippen molar-refractivity contribution in [3.8, 4) is 0 Å². The molecule has 2 rings (SSSR count). The molecule has 14 heavy (non-hydrogen) atoms. The van der Waals surface area contributed by atoms with E-state index >= 15 is 0 Å². The van der Waals surface area contributed by atoms with Crippen LogP contribution in [0.3, 0.4) is 0 Å². The molecule has 1 radical (unpaired) electrons. The molecule has 71 valence electrons. The summed E-state index contributed by atoms with van der Waals surface area (Å²) in [6.07, 6.45) is 0. The van der Waals surface area contributed by atoms with E-state index in [0.29, 0.717) is 0 Å². The summed E-state index contributed by atoms with van der Waals surface area (Å²) in [4.78, 5) is 0. The average molecular weight is 226 g/mol. The maximum Gasteiger partial charge on any atom is 2.00 e. The number of hydrogen-bond acceptors (Lipinski definition) is 0. The zero-order valence-corrected chi connectivity index (χ0v) is 9.02. The Hall–Kier alpha value is -0.443. The van der Waals surface area contributed by atoms with Gasteiger partial charge in [-0.3, -0.25) is 0 Å². The predicted molar refractivity (Wildman–Crippen MR) is 51.7 cm³/mol. The minimum Gasteiger partial charge on any atom is -1.00 e. The monoisotopic (exact) mass is 225 g/mol. The molecule has 0 fully saturated rings. The van der Waals surface area contributed by atoms with Crippen molar-refractivity contribution in [1.82, 2.24) is 0 Å². The summed E-state index contributed by atoms with van der Waals surface area (Å²) in [5.41, 5.74) is 0. The van der Waals surface area contributed by atoms with E-state index in [4.69, 9.17) is 0 Å². The Labute approximate surface area is 110 Å². The zero-order valence-electron chi connectivity index (χ0n) is 9.08. The van der Waals surface area contributed by atoms with Crippen molar-refractivity contribution in [3.63, 3.8) is 0 Å². The van der Waals surface area contributed by atoms with Crippen molar-refractivity contribution in [2.75, 3.05) is 0 Å². The summed E-state index contributed by atoms with van der Waals surface area (Å²) in [5.74, 6) is 0. The molecule has 0 bridgehead atoms. The number of benzene rings is 2. The molecule has 0 N–H and O–H groups in total. The van der Waals surface area contributed by atoms with Gasteiger partial charge >= 0.3 is 35.9 Å². The van der Waals surface area contributed by atoms with Gasteiger partial charge in [-0.2, -0.15) is 72.8 Å². The van der Waals surface area contributed by atoms with Crippen LogP contribution in [0.2, 0.25) is 0 Å². The Balaban J connectivity index is -0.000000160. The zero-order chi connectivity index (χ0) is 8.49. The molecule has 0 aliphatic rings. The third kappa shape index (κ3) is 9.64. The summed E-state index contributed by atoms with van der Waals surface area (Å²) in [5, 5.41) is 0. The van der Waals surface area contributed by atoms with Crippen molar-refractivity contribution in [2.24, 2.45) is 0 Å². The molecule has 0 unspecified atom stereocenters. The van der Waals surface area contributed by atoms with E-state index in [-0.39, 0.29) is 37.4 Å². The van der Waals surface area contributed by atoms with E-state index in [0.717, 1.165) is 0 Å². The van der Waals surface area contributed by atoms with Gasteiger partial charge in [-0.1, -0.05) is 0 Å². The first-order chi connectivity index (χ1) is 6.00. The van der Waals surface area contributed by atoms with Gasteiger partial charge in [-0.05, 0) is 0 Å². The Bertz CT molecular complexity index is 191. The second kappa shape index (κ2) is 12.6. The van der Waals surface area contributed by atoms with Crippen LogP contribution in [0.4, 0.5) is 0 Å². The molecule has 2 heteroatoms. The maximum absolute atomic E-state index is 2.89. The van der Waals surface area contributed by atoms with Crippen molar-refractivity contribution >= 4 is 0 Å². The predicted octanol–water partition coefficient (Wildman–Crippen LogP) is 0.0876. The smallest absolute Gasteiger partial charge is 1.00 e. The van der Waals surface area contributed by atoms with Crippen LogP contribution in [0.25, 0.3) is 0 Å². The van der Waals surface area contributed by atoms with Crippen molar-refractivity contribution in [3.05, 3.63) is 72.8 Å². The van der Waals surface area contributed by atoms with Gasteiger partial charge in [0, 0.05) is 0 Å². The van der Waals surface area contributed by atoms with E-state index in [1.54, 1.807) is 0 Å². The molecule has 0 heterocycles. The van der Waals surface area contributed by atoms with Gasteiger partial charge < -0.3 is 1.43 Å². The fourth-order valence-corrected chi connectivity index (χ4v) is 0.684. The fraction of sp³-hybridized carbons (Fsp3) is 0. The third-order valence-electron chi connectivity index (χ3n) is 1.21. The molecule has 0 aromatic heterocycles. The Kier molecular flexibility index (Phi) is 14.4. The van der Waals surface area contributed by atoms with Gasteiger partial charge in [0.05, 0.1) is 0 Å². The van der Waals surface area contributed by atoms with E-state index in [2.05, 4.69) is 12.1 Å². The van der Waals surface area contributed by atoms with E-state index < -0.39 is 0 Å². The molecule has 0 spiro atoms. The van der Waals surface area contributed by atoms with E-state index in [9.17, 15) is 0 Å². The van der Waals surface area contributed by atoms with Crippen LogP contribution >= 0.6 is 0 Å². The van der Waals surface area contributed by atoms with Crippen LogP contribution in [-0.2, 0) is 17.1 Å². The minimum absolute atomic E-state index is 0. The number of hydrogen-bond donors (Lipinski definition) is 0. The summed E-state index contributed by atoms with van der Waals surface area (Å²) in [6.45, 7) is 0. The Morgan fingerprint density at radius 1 is 0.571 bits per heavy atom. The van der Waals surface area contributed by atoms with Crippen molar-refractivity contribution < 1.29 is 37.4 Å². The topological polar surface area (TPSA) is 0 Å². The van der Waals surface area contributed by atoms with Crippen molar-refractivity contribution in [1.29, 1.82) is 0 Å². The van der Waals surface area contributed by atoms with Gasteiger partial charge in [0.2, 0.25) is 0 Å². The van der Waals surface area contributed by atoms with Gasteiger partial charge in [0.15, 0.2) is 0 Å². The van der Waals surface area contributed by atoms with Gasteiger partial charge in [-0.15, -0.1) is 0 Å². The molecule has 2 aromatic carbocycles. The first kappa shape index (κ1) is 16.0. The standard InChI is InChI=1S/2C6H5.Cu.Li.H/c2*1-2-4-6-5-3-1;;;/h2*1-5H;;;/q2*-1;+2;+1;-1. The van der Waals surface area contributed by atoms with Crippen LogP contribution in [-0.4, -0.2) is 0 Å². The van der Waals surface area contributed by atoms with Crippen LogP contribution in [0.5, 0.6) is 0 Å². The molecule has 0 saturated carbocycles. The molecular weight excluding hydrogens is 215 g/mol.